The zero-order chi connectivity index (χ0) is 16.2. The summed E-state index contributed by atoms with van der Waals surface area (Å²) in [6, 6.07) is 6.33. The molecule has 0 aliphatic carbocycles. The van der Waals surface area contributed by atoms with Crippen LogP contribution in [0.2, 0.25) is 0 Å². The first kappa shape index (κ1) is 16.1. The fraction of sp³-hybridized carbons (Fsp3) is 0.231. The van der Waals surface area contributed by atoms with Crippen LogP contribution in [0.15, 0.2) is 46.1 Å². The number of halogens is 1. The number of sulfonamides is 1. The molecule has 0 aliphatic heterocycles. The van der Waals surface area contributed by atoms with E-state index >= 15 is 0 Å². The number of H-pyrrole nitrogens is 1. The molecule has 0 fully saturated rings. The highest BCUT2D eigenvalue weighted by atomic mass is 32.2. The Kier molecular flexibility index (Phi) is 4.88. The molecule has 0 spiro atoms. The summed E-state index contributed by atoms with van der Waals surface area (Å²) in [6.45, 7) is 0.0771. The Hall–Kier alpha value is -2.26. The zero-order valence-electron chi connectivity index (χ0n) is 11.5. The Morgan fingerprint density at radius 3 is 2.45 bits per heavy atom. The van der Waals surface area contributed by atoms with Gasteiger partial charge in [-0.1, -0.05) is 12.1 Å². The van der Waals surface area contributed by atoms with Crippen molar-refractivity contribution in [3.05, 3.63) is 68.7 Å². The molecule has 22 heavy (non-hydrogen) atoms. The summed E-state index contributed by atoms with van der Waals surface area (Å²) in [6.07, 6.45) is 1.29. The van der Waals surface area contributed by atoms with Crippen LogP contribution in [-0.2, 0) is 22.3 Å². The summed E-state index contributed by atoms with van der Waals surface area (Å²) in [5.41, 5.74) is -0.668. The summed E-state index contributed by atoms with van der Waals surface area (Å²) < 4.78 is 40.0. The Labute approximate surface area is 125 Å². The van der Waals surface area contributed by atoms with Crippen LogP contribution in [0.25, 0.3) is 0 Å². The van der Waals surface area contributed by atoms with Crippen molar-refractivity contribution in [3.8, 4) is 0 Å². The Balaban J connectivity index is 1.93. The second kappa shape index (κ2) is 6.67. The van der Waals surface area contributed by atoms with Crippen LogP contribution < -0.4 is 16.0 Å². The van der Waals surface area contributed by atoms with Crippen LogP contribution in [0.5, 0.6) is 0 Å². The van der Waals surface area contributed by atoms with Crippen LogP contribution in [0.4, 0.5) is 4.39 Å². The van der Waals surface area contributed by atoms with Crippen LogP contribution >= 0.6 is 0 Å². The molecule has 118 valence electrons. The maximum Gasteiger partial charge on any atom is 0.328 e. The van der Waals surface area contributed by atoms with Gasteiger partial charge in [0.15, 0.2) is 0 Å². The van der Waals surface area contributed by atoms with Crippen molar-refractivity contribution in [1.29, 1.82) is 0 Å². The molecule has 2 rings (SSSR count). The summed E-state index contributed by atoms with van der Waals surface area (Å²) in [5, 5.41) is 0. The molecule has 0 saturated carbocycles. The third kappa shape index (κ3) is 4.64. The van der Waals surface area contributed by atoms with Crippen molar-refractivity contribution in [3.63, 3.8) is 0 Å². The first-order valence-corrected chi connectivity index (χ1v) is 8.02. The molecule has 0 bridgehead atoms. The second-order valence-electron chi connectivity index (χ2n) is 4.58. The first-order chi connectivity index (χ1) is 10.4. The predicted octanol–water partition coefficient (Wildman–Crippen LogP) is -0.205. The maximum atomic E-state index is 12.8. The third-order valence-electron chi connectivity index (χ3n) is 2.84. The fourth-order valence-electron chi connectivity index (χ4n) is 1.79. The average Bonchev–Trinajstić information content (AvgIpc) is 2.43. The zero-order valence-corrected chi connectivity index (χ0v) is 12.3. The van der Waals surface area contributed by atoms with Crippen LogP contribution in [-0.4, -0.2) is 24.5 Å². The monoisotopic (exact) mass is 327 g/mol. The van der Waals surface area contributed by atoms with Crippen molar-refractivity contribution in [2.45, 2.75) is 12.3 Å². The first-order valence-electron chi connectivity index (χ1n) is 6.37. The summed E-state index contributed by atoms with van der Waals surface area (Å²) >= 11 is 0. The third-order valence-corrected chi connectivity index (χ3v) is 4.20. The molecule has 0 atom stereocenters. The minimum Gasteiger partial charge on any atom is -0.299 e. The molecular weight excluding hydrogens is 313 g/mol. The molecule has 0 radical (unpaired) electrons. The van der Waals surface area contributed by atoms with E-state index in [9.17, 15) is 22.4 Å². The number of hydrogen-bond donors (Lipinski definition) is 2. The van der Waals surface area contributed by atoms with Crippen molar-refractivity contribution >= 4 is 10.0 Å². The van der Waals surface area contributed by atoms with Gasteiger partial charge in [0, 0.05) is 25.4 Å². The van der Waals surface area contributed by atoms with E-state index in [0.29, 0.717) is 5.56 Å². The van der Waals surface area contributed by atoms with Gasteiger partial charge < -0.3 is 0 Å². The lowest BCUT2D eigenvalue weighted by molar-refractivity contribution is 0.566. The topological polar surface area (TPSA) is 101 Å². The number of hydrogen-bond acceptors (Lipinski definition) is 4. The largest absolute Gasteiger partial charge is 0.328 e. The molecule has 2 aromatic rings. The lowest BCUT2D eigenvalue weighted by atomic mass is 10.2. The van der Waals surface area contributed by atoms with Gasteiger partial charge in [0.25, 0.3) is 5.56 Å². The molecule has 2 N–H and O–H groups in total. The predicted molar refractivity (Wildman–Crippen MR) is 78.3 cm³/mol. The van der Waals surface area contributed by atoms with Crippen molar-refractivity contribution in [1.82, 2.24) is 14.3 Å². The molecule has 0 aliphatic rings. The molecule has 0 unspecified atom stereocenters. The number of aromatic amines is 1. The van der Waals surface area contributed by atoms with E-state index in [4.69, 9.17) is 0 Å². The van der Waals surface area contributed by atoms with E-state index in [1.807, 2.05) is 0 Å². The second-order valence-corrected chi connectivity index (χ2v) is 6.39. The van der Waals surface area contributed by atoms with E-state index in [1.54, 1.807) is 0 Å². The standard InChI is InChI=1S/C13H14FN3O4S/c14-11-3-1-10(2-4-11)9-22(20,21)15-6-8-17-7-5-12(18)16-13(17)19/h1-5,7,15H,6,8-9H2,(H,16,18,19). The molecule has 0 amide bonds. The molecule has 1 heterocycles. The van der Waals surface area contributed by atoms with Gasteiger partial charge >= 0.3 is 5.69 Å². The minimum atomic E-state index is -3.60. The van der Waals surface area contributed by atoms with Gasteiger partial charge in [-0.2, -0.15) is 0 Å². The van der Waals surface area contributed by atoms with Crippen LogP contribution in [0, 0.1) is 5.82 Å². The molecule has 1 aromatic heterocycles. The van der Waals surface area contributed by atoms with Gasteiger partial charge in [-0.25, -0.2) is 22.3 Å². The quantitative estimate of drug-likeness (QED) is 0.767. The van der Waals surface area contributed by atoms with Gasteiger partial charge in [-0.05, 0) is 17.7 Å². The van der Waals surface area contributed by atoms with E-state index < -0.39 is 27.1 Å². The normalized spacial score (nSPS) is 11.5. The van der Waals surface area contributed by atoms with Gasteiger partial charge in [0.05, 0.1) is 5.75 Å². The number of benzene rings is 1. The van der Waals surface area contributed by atoms with E-state index in [1.165, 1.54) is 41.1 Å². The van der Waals surface area contributed by atoms with Crippen LogP contribution in [0.3, 0.4) is 0 Å². The number of aromatic nitrogens is 2. The highest BCUT2D eigenvalue weighted by molar-refractivity contribution is 7.88. The van der Waals surface area contributed by atoms with Gasteiger partial charge in [-0.15, -0.1) is 0 Å². The van der Waals surface area contributed by atoms with Crippen LogP contribution in [0.1, 0.15) is 5.56 Å². The molecule has 7 nitrogen and oxygen atoms in total. The fourth-order valence-corrected chi connectivity index (χ4v) is 2.93. The Morgan fingerprint density at radius 2 is 1.82 bits per heavy atom. The number of rotatable bonds is 6. The molecule has 1 aromatic carbocycles. The van der Waals surface area contributed by atoms with E-state index in [-0.39, 0.29) is 18.8 Å². The van der Waals surface area contributed by atoms with Crippen molar-refractivity contribution in [2.24, 2.45) is 0 Å². The van der Waals surface area contributed by atoms with Crippen molar-refractivity contribution < 1.29 is 12.8 Å². The highest BCUT2D eigenvalue weighted by Crippen LogP contribution is 2.06. The number of nitrogens with zero attached hydrogens (tertiary/aromatic N) is 1. The summed E-state index contributed by atoms with van der Waals surface area (Å²) in [5.74, 6) is -0.722. The van der Waals surface area contributed by atoms with E-state index in [2.05, 4.69) is 9.71 Å². The summed E-state index contributed by atoms with van der Waals surface area (Å²) in [4.78, 5) is 24.4. The minimum absolute atomic E-state index is 0.00449. The highest BCUT2D eigenvalue weighted by Gasteiger charge is 2.11. The maximum absolute atomic E-state index is 12.8. The molecule has 0 saturated heterocycles. The summed E-state index contributed by atoms with van der Waals surface area (Å²) in [7, 11) is -3.60. The smallest absolute Gasteiger partial charge is 0.299 e. The lowest BCUT2D eigenvalue weighted by Crippen LogP contribution is -2.34. The SMILES string of the molecule is O=c1ccn(CCNS(=O)(=O)Cc2ccc(F)cc2)c(=O)[nH]1. The van der Waals surface area contributed by atoms with Crippen molar-refractivity contribution in [2.75, 3.05) is 6.54 Å². The van der Waals surface area contributed by atoms with E-state index in [0.717, 1.165) is 0 Å². The Morgan fingerprint density at radius 1 is 1.14 bits per heavy atom. The van der Waals surface area contributed by atoms with Gasteiger partial charge in [0.1, 0.15) is 5.82 Å². The number of nitrogens with one attached hydrogen (secondary N) is 2. The molecule has 9 heteroatoms. The van der Waals surface area contributed by atoms with Gasteiger partial charge in [0.2, 0.25) is 10.0 Å². The lowest BCUT2D eigenvalue weighted by Gasteiger charge is -2.08. The van der Waals surface area contributed by atoms with Gasteiger partial charge in [-0.3, -0.25) is 14.3 Å². The molecular formula is C13H14FN3O4S. The average molecular weight is 327 g/mol. The Bertz CT molecular complexity index is 856.